The van der Waals surface area contributed by atoms with Crippen LogP contribution in [0.3, 0.4) is 0 Å². The Morgan fingerprint density at radius 2 is 2.00 bits per heavy atom. The Bertz CT molecular complexity index is 97.8. The topological polar surface area (TPSA) is 81.8 Å². The quantitative estimate of drug-likeness (QED) is 0.291. The van der Waals surface area contributed by atoms with Gasteiger partial charge in [-0.3, -0.25) is 0 Å². The normalized spacial score (nSPS) is 16.9. The average molecular weight is 163 g/mol. The number of hydrogen-bond donors (Lipinski definition) is 4. The molecular weight excluding hydrogens is 146 g/mol. The highest BCUT2D eigenvalue weighted by molar-refractivity contribution is 4.53. The summed E-state index contributed by atoms with van der Waals surface area (Å²) in [5, 5.41) is 19.5. The second-order valence-corrected chi connectivity index (χ2v) is 2.42. The van der Waals surface area contributed by atoms with Gasteiger partial charge in [0.1, 0.15) is 12.5 Å². The van der Waals surface area contributed by atoms with Crippen LogP contribution in [0, 0.1) is 0 Å². The van der Waals surface area contributed by atoms with Crippen molar-refractivity contribution in [3.8, 4) is 0 Å². The summed E-state index contributed by atoms with van der Waals surface area (Å²) < 4.78 is 0. The summed E-state index contributed by atoms with van der Waals surface area (Å²) in [4.78, 5) is 0. The lowest BCUT2D eigenvalue weighted by atomic mass is 10.5. The third-order valence-corrected chi connectivity index (χ3v) is 1.17. The van der Waals surface area contributed by atoms with Crippen molar-refractivity contribution in [3.05, 3.63) is 0 Å². The van der Waals surface area contributed by atoms with Gasteiger partial charge in [-0.15, -0.1) is 0 Å². The molecule has 0 spiro atoms. The lowest BCUT2D eigenvalue weighted by molar-refractivity contribution is -0.0587. The lowest BCUT2D eigenvalue weighted by Crippen LogP contribution is -2.50. The molecule has 0 rings (SSSR count). The van der Waals surface area contributed by atoms with E-state index >= 15 is 0 Å². The number of nitrogens with zero attached hydrogens (tertiary/aromatic N) is 1. The zero-order chi connectivity index (χ0) is 8.85. The molecule has 0 aromatic rings. The number of rotatable bonds is 5. The Morgan fingerprint density at radius 1 is 1.45 bits per heavy atom. The summed E-state index contributed by atoms with van der Waals surface area (Å²) in [5.74, 6) is 0. The number of hydrazine groups is 1. The lowest BCUT2D eigenvalue weighted by Gasteiger charge is -2.26. The van der Waals surface area contributed by atoms with Gasteiger partial charge in [-0.2, -0.15) is 0 Å². The van der Waals surface area contributed by atoms with Gasteiger partial charge < -0.3 is 15.9 Å². The molecule has 0 aliphatic heterocycles. The molecule has 0 bridgehead atoms. The molecule has 0 aliphatic rings. The highest BCUT2D eigenvalue weighted by atomic mass is 16.3. The van der Waals surface area contributed by atoms with Crippen molar-refractivity contribution >= 4 is 0 Å². The van der Waals surface area contributed by atoms with Crippen LogP contribution in [0.1, 0.15) is 13.8 Å². The molecule has 0 heterocycles. The van der Waals surface area contributed by atoms with Crippen molar-refractivity contribution in [2.24, 2.45) is 5.73 Å². The summed E-state index contributed by atoms with van der Waals surface area (Å²) in [5.41, 5.74) is 7.91. The Hall–Kier alpha value is -0.200. The fraction of sp³-hybridized carbons (Fsp3) is 1.00. The van der Waals surface area contributed by atoms with E-state index in [-0.39, 0.29) is 0 Å². The van der Waals surface area contributed by atoms with Crippen LogP contribution < -0.4 is 11.2 Å². The van der Waals surface area contributed by atoms with Gasteiger partial charge in [0, 0.05) is 13.1 Å². The van der Waals surface area contributed by atoms with E-state index in [0.29, 0.717) is 13.1 Å². The van der Waals surface area contributed by atoms with E-state index in [2.05, 4.69) is 5.43 Å². The number of nitrogens with one attached hydrogen (secondary N) is 1. The largest absolute Gasteiger partial charge is 0.378 e. The van der Waals surface area contributed by atoms with E-state index in [9.17, 15) is 0 Å². The molecule has 0 amide bonds. The van der Waals surface area contributed by atoms with Crippen LogP contribution in [0.25, 0.3) is 0 Å². The summed E-state index contributed by atoms with van der Waals surface area (Å²) in [6.45, 7) is 4.12. The molecule has 5 nitrogen and oxygen atoms in total. The molecule has 0 aromatic heterocycles. The Balaban J connectivity index is 3.69. The highest BCUT2D eigenvalue weighted by Gasteiger charge is 2.10. The maximum Gasteiger partial charge on any atom is 0.117 e. The van der Waals surface area contributed by atoms with Gasteiger partial charge in [0.15, 0.2) is 0 Å². The number of aliphatic hydroxyl groups is 2. The van der Waals surface area contributed by atoms with Crippen LogP contribution in [0.2, 0.25) is 0 Å². The molecule has 0 saturated carbocycles. The molecular formula is C6H17N3O2. The summed E-state index contributed by atoms with van der Waals surface area (Å²) in [6.07, 6.45) is -1.32. The van der Waals surface area contributed by atoms with Crippen LogP contribution >= 0.6 is 0 Å². The first-order valence-electron chi connectivity index (χ1n) is 3.67. The summed E-state index contributed by atoms with van der Waals surface area (Å²) in [6, 6.07) is 0. The van der Waals surface area contributed by atoms with Crippen molar-refractivity contribution in [3.63, 3.8) is 0 Å². The van der Waals surface area contributed by atoms with Crippen molar-refractivity contribution in [2.75, 3.05) is 13.1 Å². The predicted octanol–water partition coefficient (Wildman–Crippen LogP) is -1.57. The predicted molar refractivity (Wildman–Crippen MR) is 42.3 cm³/mol. The van der Waals surface area contributed by atoms with E-state index in [1.807, 2.05) is 0 Å². The first-order chi connectivity index (χ1) is 5.07. The molecule has 68 valence electrons. The zero-order valence-electron chi connectivity index (χ0n) is 6.99. The van der Waals surface area contributed by atoms with Gasteiger partial charge in [-0.25, -0.2) is 10.4 Å². The molecule has 5 N–H and O–H groups in total. The molecule has 0 saturated heterocycles. The van der Waals surface area contributed by atoms with Gasteiger partial charge in [0.2, 0.25) is 0 Å². The van der Waals surface area contributed by atoms with Crippen molar-refractivity contribution in [2.45, 2.75) is 26.3 Å². The third kappa shape index (κ3) is 5.11. The van der Waals surface area contributed by atoms with Crippen LogP contribution in [0.5, 0.6) is 0 Å². The molecule has 0 radical (unpaired) electrons. The highest BCUT2D eigenvalue weighted by Crippen LogP contribution is 1.89. The SMILES string of the molecule is CC(O)NN(CCN)C(C)O. The van der Waals surface area contributed by atoms with Crippen LogP contribution in [0.15, 0.2) is 0 Å². The van der Waals surface area contributed by atoms with Gasteiger partial charge in [0.25, 0.3) is 0 Å². The van der Waals surface area contributed by atoms with Gasteiger partial charge >= 0.3 is 0 Å². The molecule has 0 fully saturated rings. The number of nitrogens with two attached hydrogens (primary N) is 1. The van der Waals surface area contributed by atoms with Crippen molar-refractivity contribution < 1.29 is 10.2 Å². The monoisotopic (exact) mass is 163 g/mol. The molecule has 0 aromatic carbocycles. The Kier molecular flexibility index (Phi) is 5.35. The fourth-order valence-electron chi connectivity index (χ4n) is 0.738. The second kappa shape index (κ2) is 5.45. The van der Waals surface area contributed by atoms with E-state index in [1.165, 1.54) is 5.01 Å². The minimum Gasteiger partial charge on any atom is -0.378 e. The van der Waals surface area contributed by atoms with Crippen molar-refractivity contribution in [1.29, 1.82) is 0 Å². The molecule has 2 unspecified atom stereocenters. The van der Waals surface area contributed by atoms with Gasteiger partial charge in [-0.1, -0.05) is 0 Å². The van der Waals surface area contributed by atoms with Gasteiger partial charge in [-0.05, 0) is 13.8 Å². The van der Waals surface area contributed by atoms with Gasteiger partial charge in [0.05, 0.1) is 0 Å². The maximum atomic E-state index is 9.09. The molecule has 0 aliphatic carbocycles. The van der Waals surface area contributed by atoms with E-state index in [1.54, 1.807) is 13.8 Å². The summed E-state index contributed by atoms with van der Waals surface area (Å²) in [7, 11) is 0. The smallest absolute Gasteiger partial charge is 0.117 e. The Labute approximate surface area is 66.8 Å². The number of hydrogen-bond acceptors (Lipinski definition) is 5. The number of aliphatic hydroxyl groups excluding tert-OH is 2. The fourth-order valence-corrected chi connectivity index (χ4v) is 0.738. The minimum absolute atomic E-state index is 0.435. The third-order valence-electron chi connectivity index (χ3n) is 1.17. The van der Waals surface area contributed by atoms with E-state index in [0.717, 1.165) is 0 Å². The van der Waals surface area contributed by atoms with Crippen LogP contribution in [0.4, 0.5) is 0 Å². The van der Waals surface area contributed by atoms with E-state index < -0.39 is 12.5 Å². The Morgan fingerprint density at radius 3 is 2.27 bits per heavy atom. The zero-order valence-corrected chi connectivity index (χ0v) is 6.99. The van der Waals surface area contributed by atoms with Crippen LogP contribution in [-0.2, 0) is 0 Å². The first-order valence-corrected chi connectivity index (χ1v) is 3.67. The van der Waals surface area contributed by atoms with E-state index in [4.69, 9.17) is 15.9 Å². The molecule has 5 heteroatoms. The summed E-state index contributed by atoms with van der Waals surface area (Å²) >= 11 is 0. The van der Waals surface area contributed by atoms with Crippen molar-refractivity contribution in [1.82, 2.24) is 10.4 Å². The maximum absolute atomic E-state index is 9.09. The molecule has 11 heavy (non-hydrogen) atoms. The average Bonchev–Trinajstić information content (AvgIpc) is 1.86. The first kappa shape index (κ1) is 10.8. The standard InChI is InChI=1S/C6H17N3O2/c1-5(10)8-9(4-3-7)6(2)11/h5-6,8,10-11H,3-4,7H2,1-2H3. The van der Waals surface area contributed by atoms with Crippen LogP contribution in [-0.4, -0.2) is 40.8 Å². The second-order valence-electron chi connectivity index (χ2n) is 2.42. The minimum atomic E-state index is -0.670. The molecule has 2 atom stereocenters.